The van der Waals surface area contributed by atoms with Crippen molar-refractivity contribution in [2.45, 2.75) is 13.1 Å². The van der Waals surface area contributed by atoms with Crippen LogP contribution in [0.25, 0.3) is 11.3 Å². The standard InChI is InChI=1S/C10H12N6/c11-3-7-4-14-9(6-13-7)8-5-15-16-2-1-12-10(8)16/h4-6H,1-3,11H2,(H,12,14,15)/p+1. The molecule has 0 saturated carbocycles. The van der Waals surface area contributed by atoms with E-state index in [4.69, 9.17) is 5.73 Å². The van der Waals surface area contributed by atoms with E-state index < -0.39 is 0 Å². The summed E-state index contributed by atoms with van der Waals surface area (Å²) in [7, 11) is 0. The Morgan fingerprint density at radius 2 is 2.31 bits per heavy atom. The van der Waals surface area contributed by atoms with Gasteiger partial charge in [-0.25, -0.2) is 5.10 Å². The van der Waals surface area contributed by atoms with Crippen molar-refractivity contribution < 1.29 is 4.68 Å². The first-order chi connectivity index (χ1) is 7.88. The molecule has 6 heteroatoms. The van der Waals surface area contributed by atoms with Gasteiger partial charge in [-0.15, -0.1) is 0 Å². The predicted molar refractivity (Wildman–Crippen MR) is 58.4 cm³/mol. The number of aromatic nitrogens is 4. The summed E-state index contributed by atoms with van der Waals surface area (Å²) in [5.74, 6) is 1.08. The number of H-pyrrole nitrogens is 1. The van der Waals surface area contributed by atoms with Gasteiger partial charge in [0.2, 0.25) is 0 Å². The minimum absolute atomic E-state index is 0.422. The van der Waals surface area contributed by atoms with Crippen LogP contribution < -0.4 is 15.7 Å². The quantitative estimate of drug-likeness (QED) is 0.600. The van der Waals surface area contributed by atoms with Gasteiger partial charge in [-0.1, -0.05) is 0 Å². The van der Waals surface area contributed by atoms with E-state index in [1.165, 1.54) is 0 Å². The van der Waals surface area contributed by atoms with E-state index in [0.717, 1.165) is 35.9 Å². The third-order valence-corrected chi connectivity index (χ3v) is 2.71. The van der Waals surface area contributed by atoms with Crippen molar-refractivity contribution in [2.24, 2.45) is 5.73 Å². The maximum absolute atomic E-state index is 5.48. The second kappa shape index (κ2) is 3.57. The molecule has 0 atom stereocenters. The third kappa shape index (κ3) is 1.35. The fourth-order valence-electron chi connectivity index (χ4n) is 1.87. The van der Waals surface area contributed by atoms with E-state index >= 15 is 0 Å². The molecule has 2 aromatic heterocycles. The lowest BCUT2D eigenvalue weighted by Gasteiger charge is -1.98. The number of rotatable bonds is 2. The molecule has 1 aliphatic rings. The second-order valence-electron chi connectivity index (χ2n) is 3.71. The van der Waals surface area contributed by atoms with Crippen LogP contribution in [-0.2, 0) is 13.1 Å². The molecule has 1 aliphatic heterocycles. The van der Waals surface area contributed by atoms with E-state index in [1.807, 2.05) is 6.20 Å². The molecule has 4 N–H and O–H groups in total. The minimum Gasteiger partial charge on any atom is -0.325 e. The topological polar surface area (TPSA) is 83.5 Å². The highest BCUT2D eigenvalue weighted by molar-refractivity contribution is 5.69. The maximum Gasteiger partial charge on any atom is 0.304 e. The summed E-state index contributed by atoms with van der Waals surface area (Å²) in [4.78, 5) is 8.59. The van der Waals surface area contributed by atoms with Gasteiger partial charge in [0.05, 0.1) is 30.0 Å². The molecule has 0 bridgehead atoms. The first-order valence-electron chi connectivity index (χ1n) is 5.25. The Hall–Kier alpha value is -1.95. The molecule has 0 spiro atoms. The van der Waals surface area contributed by atoms with Gasteiger partial charge in [0.25, 0.3) is 0 Å². The summed E-state index contributed by atoms with van der Waals surface area (Å²) in [6.07, 6.45) is 5.41. The minimum atomic E-state index is 0.422. The average Bonchev–Trinajstić information content (AvgIpc) is 2.91. The van der Waals surface area contributed by atoms with E-state index in [2.05, 4.69) is 25.1 Å². The van der Waals surface area contributed by atoms with Gasteiger partial charge >= 0.3 is 5.82 Å². The number of hydrogen-bond donors (Lipinski definition) is 3. The Balaban J connectivity index is 2.01. The average molecular weight is 217 g/mol. The molecule has 2 aromatic rings. The highest BCUT2D eigenvalue weighted by Gasteiger charge is 2.25. The Bertz CT molecular complexity index is 501. The maximum atomic E-state index is 5.48. The Morgan fingerprint density at radius 1 is 1.38 bits per heavy atom. The monoisotopic (exact) mass is 217 g/mol. The summed E-state index contributed by atoms with van der Waals surface area (Å²) in [5.41, 5.74) is 8.19. The fourth-order valence-corrected chi connectivity index (χ4v) is 1.87. The first kappa shape index (κ1) is 9.29. The number of aromatic amines is 1. The predicted octanol–water partition coefficient (Wildman–Crippen LogP) is -0.357. The largest absolute Gasteiger partial charge is 0.325 e. The van der Waals surface area contributed by atoms with Crippen molar-refractivity contribution in [1.82, 2.24) is 15.1 Å². The molecule has 16 heavy (non-hydrogen) atoms. The van der Waals surface area contributed by atoms with E-state index in [1.54, 1.807) is 12.4 Å². The lowest BCUT2D eigenvalue weighted by atomic mass is 10.2. The lowest BCUT2D eigenvalue weighted by molar-refractivity contribution is -0.725. The number of hydrogen-bond acceptors (Lipinski definition) is 4. The lowest BCUT2D eigenvalue weighted by Crippen LogP contribution is -2.32. The summed E-state index contributed by atoms with van der Waals surface area (Å²) in [6.45, 7) is 2.34. The summed E-state index contributed by atoms with van der Waals surface area (Å²) in [6, 6.07) is 0. The van der Waals surface area contributed by atoms with Crippen LogP contribution in [0.15, 0.2) is 18.6 Å². The number of anilines is 1. The third-order valence-electron chi connectivity index (χ3n) is 2.71. The summed E-state index contributed by atoms with van der Waals surface area (Å²) in [5, 5.41) is 6.49. The van der Waals surface area contributed by atoms with Gasteiger partial charge in [-0.3, -0.25) is 15.3 Å². The molecule has 0 saturated heterocycles. The number of nitrogens with two attached hydrogens (primary N) is 1. The second-order valence-corrected chi connectivity index (χ2v) is 3.71. The Morgan fingerprint density at radius 3 is 3.06 bits per heavy atom. The van der Waals surface area contributed by atoms with Gasteiger partial charge < -0.3 is 5.73 Å². The van der Waals surface area contributed by atoms with Crippen LogP contribution in [0.1, 0.15) is 5.69 Å². The van der Waals surface area contributed by atoms with Crippen molar-refractivity contribution in [1.29, 1.82) is 0 Å². The van der Waals surface area contributed by atoms with E-state index in [0.29, 0.717) is 6.54 Å². The van der Waals surface area contributed by atoms with Gasteiger partial charge in [0.1, 0.15) is 18.7 Å². The van der Waals surface area contributed by atoms with Gasteiger partial charge in [0.15, 0.2) is 0 Å². The van der Waals surface area contributed by atoms with Crippen molar-refractivity contribution in [3.05, 3.63) is 24.3 Å². The highest BCUT2D eigenvalue weighted by Crippen LogP contribution is 2.23. The highest BCUT2D eigenvalue weighted by atomic mass is 15.4. The zero-order valence-corrected chi connectivity index (χ0v) is 8.77. The van der Waals surface area contributed by atoms with Crippen molar-refractivity contribution >= 4 is 5.82 Å². The van der Waals surface area contributed by atoms with Crippen LogP contribution >= 0.6 is 0 Å². The molecule has 0 unspecified atom stereocenters. The van der Waals surface area contributed by atoms with Crippen LogP contribution in [0.5, 0.6) is 0 Å². The van der Waals surface area contributed by atoms with E-state index in [9.17, 15) is 0 Å². The molecule has 0 radical (unpaired) electrons. The number of fused-ring (bicyclic) bond motifs is 1. The van der Waals surface area contributed by atoms with Crippen LogP contribution in [0, 0.1) is 0 Å². The zero-order valence-electron chi connectivity index (χ0n) is 8.77. The Labute approximate surface area is 92.5 Å². The van der Waals surface area contributed by atoms with Gasteiger partial charge in [-0.2, -0.15) is 4.68 Å². The molecule has 0 aliphatic carbocycles. The normalized spacial score (nSPS) is 13.6. The van der Waals surface area contributed by atoms with Crippen LogP contribution in [-0.4, -0.2) is 21.6 Å². The first-order valence-corrected chi connectivity index (χ1v) is 5.25. The zero-order chi connectivity index (χ0) is 11.0. The summed E-state index contributed by atoms with van der Waals surface area (Å²) < 4.78 is 2.06. The molecule has 0 aromatic carbocycles. The molecular formula is C10H13N6+. The fraction of sp³-hybridized carbons (Fsp3) is 0.300. The summed E-state index contributed by atoms with van der Waals surface area (Å²) >= 11 is 0. The number of nitrogens with zero attached hydrogens (tertiary/aromatic N) is 3. The van der Waals surface area contributed by atoms with Crippen LogP contribution in [0.4, 0.5) is 5.82 Å². The molecule has 3 heterocycles. The SMILES string of the molecule is NCc1cnc(-c2c[nH][n+]3c2NCC3)cn1. The van der Waals surface area contributed by atoms with Crippen molar-refractivity contribution in [2.75, 3.05) is 11.9 Å². The molecule has 0 amide bonds. The molecule has 82 valence electrons. The Kier molecular flexibility index (Phi) is 2.07. The molecule has 0 fully saturated rings. The molecular weight excluding hydrogens is 204 g/mol. The van der Waals surface area contributed by atoms with Crippen molar-refractivity contribution in [3.8, 4) is 11.3 Å². The van der Waals surface area contributed by atoms with Crippen molar-refractivity contribution in [3.63, 3.8) is 0 Å². The van der Waals surface area contributed by atoms with Gasteiger partial charge in [-0.05, 0) is 0 Å². The van der Waals surface area contributed by atoms with E-state index in [-0.39, 0.29) is 0 Å². The number of nitrogens with one attached hydrogen (secondary N) is 2. The van der Waals surface area contributed by atoms with Crippen LogP contribution in [0.3, 0.4) is 0 Å². The molecule has 6 nitrogen and oxygen atoms in total. The smallest absolute Gasteiger partial charge is 0.304 e. The van der Waals surface area contributed by atoms with Gasteiger partial charge in [0, 0.05) is 6.54 Å². The van der Waals surface area contributed by atoms with Crippen LogP contribution in [0.2, 0.25) is 0 Å². The molecule has 3 rings (SSSR count).